The molecule has 0 radical (unpaired) electrons. The predicted molar refractivity (Wildman–Crippen MR) is 79.2 cm³/mol. The zero-order valence-electron chi connectivity index (χ0n) is 12.8. The lowest BCUT2D eigenvalue weighted by atomic mass is 9.78. The van der Waals surface area contributed by atoms with E-state index >= 15 is 0 Å². The number of aliphatic hydroxyl groups is 1. The van der Waals surface area contributed by atoms with Gasteiger partial charge in [0.25, 0.3) is 5.91 Å². The van der Waals surface area contributed by atoms with Crippen LogP contribution in [0.1, 0.15) is 48.7 Å². The van der Waals surface area contributed by atoms with Crippen LogP contribution >= 0.6 is 0 Å². The molecule has 2 saturated heterocycles. The van der Waals surface area contributed by atoms with Crippen LogP contribution in [0.15, 0.2) is 12.3 Å². The summed E-state index contributed by atoms with van der Waals surface area (Å²) in [6.07, 6.45) is 4.31. The summed E-state index contributed by atoms with van der Waals surface area (Å²) >= 11 is 0. The topological polar surface area (TPSA) is 89.3 Å². The van der Waals surface area contributed by atoms with Crippen LogP contribution in [0.5, 0.6) is 0 Å². The number of likely N-dealkylation sites (tertiary alicyclic amines) is 1. The van der Waals surface area contributed by atoms with E-state index in [0.717, 1.165) is 12.8 Å². The van der Waals surface area contributed by atoms with Crippen molar-refractivity contribution in [2.75, 3.05) is 19.7 Å². The van der Waals surface area contributed by atoms with Crippen molar-refractivity contribution in [1.82, 2.24) is 9.88 Å². The lowest BCUT2D eigenvalue weighted by molar-refractivity contribution is -0.170. The van der Waals surface area contributed by atoms with Gasteiger partial charge in [0.1, 0.15) is 11.8 Å². The summed E-state index contributed by atoms with van der Waals surface area (Å²) < 4.78 is 5.95. The Hall–Kier alpha value is -1.84. The number of hydrogen-bond donors (Lipinski definition) is 2. The van der Waals surface area contributed by atoms with Gasteiger partial charge in [-0.05, 0) is 32.3 Å². The largest absolute Gasteiger partial charge is 0.390 e. The molecule has 1 atom stereocenters. The maximum absolute atomic E-state index is 12.4. The van der Waals surface area contributed by atoms with E-state index in [1.165, 1.54) is 0 Å². The van der Waals surface area contributed by atoms with E-state index in [4.69, 9.17) is 10.00 Å². The molecule has 0 bridgehead atoms. The third kappa shape index (κ3) is 2.87. The second kappa shape index (κ2) is 5.41. The Morgan fingerprint density at radius 1 is 1.45 bits per heavy atom. The van der Waals surface area contributed by atoms with Gasteiger partial charge in [0.2, 0.25) is 0 Å². The number of nitriles is 1. The van der Waals surface area contributed by atoms with Crippen molar-refractivity contribution < 1.29 is 14.6 Å². The van der Waals surface area contributed by atoms with Gasteiger partial charge in [-0.3, -0.25) is 4.79 Å². The molecule has 2 fully saturated rings. The molecular formula is C16H21N3O3. The minimum Gasteiger partial charge on any atom is -0.390 e. The van der Waals surface area contributed by atoms with Crippen LogP contribution in [0.3, 0.4) is 0 Å². The number of rotatable bonds is 1. The number of nitrogens with zero attached hydrogens (tertiary/aromatic N) is 2. The summed E-state index contributed by atoms with van der Waals surface area (Å²) in [5.74, 6) is -0.0843. The molecule has 3 heterocycles. The lowest BCUT2D eigenvalue weighted by Gasteiger charge is -2.48. The molecule has 6 heteroatoms. The summed E-state index contributed by atoms with van der Waals surface area (Å²) in [6, 6.07) is 3.59. The summed E-state index contributed by atoms with van der Waals surface area (Å²) in [4.78, 5) is 17.1. The van der Waals surface area contributed by atoms with Crippen LogP contribution in [0.2, 0.25) is 0 Å². The van der Waals surface area contributed by atoms with E-state index in [2.05, 4.69) is 4.98 Å². The van der Waals surface area contributed by atoms with Crippen molar-refractivity contribution in [3.05, 3.63) is 23.5 Å². The van der Waals surface area contributed by atoms with Gasteiger partial charge in [0.05, 0.1) is 23.4 Å². The average molecular weight is 303 g/mol. The Morgan fingerprint density at radius 3 is 2.77 bits per heavy atom. The SMILES string of the molecule is CC1(O)CCOC2(CCN(C(=O)c3cc(C#N)c[nH]3)CC2)C1. The maximum Gasteiger partial charge on any atom is 0.270 e. The van der Waals surface area contributed by atoms with Crippen LogP contribution in [0.25, 0.3) is 0 Å². The smallest absolute Gasteiger partial charge is 0.270 e. The van der Waals surface area contributed by atoms with Crippen molar-refractivity contribution in [3.8, 4) is 6.07 Å². The Morgan fingerprint density at radius 2 is 2.18 bits per heavy atom. The van der Waals surface area contributed by atoms with Crippen molar-refractivity contribution >= 4 is 5.91 Å². The number of ether oxygens (including phenoxy) is 1. The molecular weight excluding hydrogens is 282 g/mol. The molecule has 1 amide bonds. The first kappa shape index (κ1) is 15.1. The zero-order chi connectivity index (χ0) is 15.8. The molecule has 1 aromatic heterocycles. The van der Waals surface area contributed by atoms with E-state index in [1.54, 1.807) is 17.2 Å². The van der Waals surface area contributed by atoms with Gasteiger partial charge >= 0.3 is 0 Å². The molecule has 6 nitrogen and oxygen atoms in total. The van der Waals surface area contributed by atoms with E-state index in [0.29, 0.717) is 43.8 Å². The molecule has 1 aromatic rings. The van der Waals surface area contributed by atoms with Gasteiger partial charge in [-0.15, -0.1) is 0 Å². The number of aromatic nitrogens is 1. The molecule has 22 heavy (non-hydrogen) atoms. The van der Waals surface area contributed by atoms with Crippen LogP contribution < -0.4 is 0 Å². The van der Waals surface area contributed by atoms with E-state index in [1.807, 2.05) is 13.0 Å². The Labute approximate surface area is 129 Å². The standard InChI is InChI=1S/C16H21N3O3/c1-15(21)4-7-22-16(11-15)2-5-19(6-3-16)14(20)13-8-12(9-17)10-18-13/h8,10,18,21H,2-7,11H2,1H3. The lowest BCUT2D eigenvalue weighted by Crippen LogP contribution is -2.54. The zero-order valence-corrected chi connectivity index (χ0v) is 12.8. The summed E-state index contributed by atoms with van der Waals surface area (Å²) in [5, 5.41) is 19.1. The number of piperidine rings is 1. The van der Waals surface area contributed by atoms with Crippen molar-refractivity contribution in [3.63, 3.8) is 0 Å². The minimum absolute atomic E-state index is 0.0843. The Bertz CT molecular complexity index is 606. The number of carbonyl (C=O) groups excluding carboxylic acids is 1. The van der Waals surface area contributed by atoms with Gasteiger partial charge in [0.15, 0.2) is 0 Å². The highest BCUT2D eigenvalue weighted by atomic mass is 16.5. The predicted octanol–water partition coefficient (Wildman–Crippen LogP) is 1.42. The highest BCUT2D eigenvalue weighted by molar-refractivity contribution is 5.93. The minimum atomic E-state index is -0.675. The highest BCUT2D eigenvalue weighted by Crippen LogP contribution is 2.39. The quantitative estimate of drug-likeness (QED) is 0.821. The molecule has 1 unspecified atom stereocenters. The summed E-state index contributed by atoms with van der Waals surface area (Å²) in [6.45, 7) is 3.64. The van der Waals surface area contributed by atoms with E-state index in [9.17, 15) is 9.90 Å². The van der Waals surface area contributed by atoms with Gasteiger partial charge in [-0.1, -0.05) is 0 Å². The van der Waals surface area contributed by atoms with Crippen molar-refractivity contribution in [2.24, 2.45) is 0 Å². The Kier molecular flexibility index (Phi) is 3.71. The number of H-pyrrole nitrogens is 1. The number of amides is 1. The van der Waals surface area contributed by atoms with Crippen LogP contribution in [0.4, 0.5) is 0 Å². The van der Waals surface area contributed by atoms with Crippen LogP contribution in [0, 0.1) is 11.3 Å². The first-order chi connectivity index (χ1) is 10.4. The van der Waals surface area contributed by atoms with Gasteiger partial charge < -0.3 is 19.7 Å². The molecule has 2 aliphatic rings. The highest BCUT2D eigenvalue weighted by Gasteiger charge is 2.45. The number of hydrogen-bond acceptors (Lipinski definition) is 4. The first-order valence-corrected chi connectivity index (χ1v) is 7.67. The van der Waals surface area contributed by atoms with Crippen molar-refractivity contribution in [2.45, 2.75) is 43.8 Å². The second-order valence-electron chi connectivity index (χ2n) is 6.66. The first-order valence-electron chi connectivity index (χ1n) is 7.67. The number of aromatic amines is 1. The molecule has 2 aliphatic heterocycles. The number of nitrogens with one attached hydrogen (secondary N) is 1. The summed E-state index contributed by atoms with van der Waals surface area (Å²) in [5.41, 5.74) is -0.0648. The molecule has 0 aromatic carbocycles. The fourth-order valence-corrected chi connectivity index (χ4v) is 3.51. The summed E-state index contributed by atoms with van der Waals surface area (Å²) in [7, 11) is 0. The van der Waals surface area contributed by atoms with Gasteiger partial charge in [0, 0.05) is 25.7 Å². The second-order valence-corrected chi connectivity index (χ2v) is 6.66. The molecule has 118 valence electrons. The van der Waals surface area contributed by atoms with E-state index in [-0.39, 0.29) is 11.5 Å². The molecule has 2 N–H and O–H groups in total. The maximum atomic E-state index is 12.4. The average Bonchev–Trinajstić information content (AvgIpc) is 2.95. The normalized spacial score (nSPS) is 27.6. The van der Waals surface area contributed by atoms with E-state index < -0.39 is 5.60 Å². The van der Waals surface area contributed by atoms with Gasteiger partial charge in [-0.2, -0.15) is 5.26 Å². The molecule has 0 aliphatic carbocycles. The molecule has 3 rings (SSSR count). The van der Waals surface area contributed by atoms with Gasteiger partial charge in [-0.25, -0.2) is 0 Å². The third-order valence-corrected chi connectivity index (χ3v) is 4.76. The Balaban J connectivity index is 1.64. The van der Waals surface area contributed by atoms with Crippen LogP contribution in [-0.4, -0.2) is 51.8 Å². The molecule has 0 saturated carbocycles. The van der Waals surface area contributed by atoms with Crippen LogP contribution in [-0.2, 0) is 4.74 Å². The number of carbonyl (C=O) groups is 1. The third-order valence-electron chi connectivity index (χ3n) is 4.76. The molecule has 1 spiro atoms. The monoisotopic (exact) mass is 303 g/mol. The van der Waals surface area contributed by atoms with Crippen molar-refractivity contribution in [1.29, 1.82) is 5.26 Å². The fourth-order valence-electron chi connectivity index (χ4n) is 3.51. The fraction of sp³-hybridized carbons (Fsp3) is 0.625.